The third-order valence-corrected chi connectivity index (χ3v) is 5.52. The lowest BCUT2D eigenvalue weighted by Crippen LogP contribution is -2.33. The molecule has 4 heterocycles. The Hall–Kier alpha value is -3.68. The number of hydrogen-bond donors (Lipinski definition) is 0. The Kier molecular flexibility index (Phi) is 4.50. The van der Waals surface area contributed by atoms with Crippen molar-refractivity contribution in [2.45, 2.75) is 26.8 Å². The molecule has 0 spiro atoms. The van der Waals surface area contributed by atoms with Crippen LogP contribution in [0.2, 0.25) is 0 Å². The van der Waals surface area contributed by atoms with Crippen LogP contribution >= 0.6 is 0 Å². The number of aromatic nitrogens is 4. The SMILES string of the molecule is Cc1cc(=O)n2nc(N3CCc4ncc(-c5ccc(F)cc5F)cc4C3)c(C)cc2n1. The lowest BCUT2D eigenvalue weighted by molar-refractivity contribution is 0.585. The molecule has 0 unspecified atom stereocenters. The zero-order chi connectivity index (χ0) is 21.7. The molecule has 1 aliphatic heterocycles. The molecule has 0 radical (unpaired) electrons. The van der Waals surface area contributed by atoms with Crippen molar-refractivity contribution < 1.29 is 8.78 Å². The molecular weight excluding hydrogens is 400 g/mol. The molecule has 31 heavy (non-hydrogen) atoms. The number of hydrogen-bond acceptors (Lipinski definition) is 5. The van der Waals surface area contributed by atoms with Crippen molar-refractivity contribution in [2.75, 3.05) is 11.4 Å². The van der Waals surface area contributed by atoms with Crippen LogP contribution < -0.4 is 10.5 Å². The van der Waals surface area contributed by atoms with Crippen molar-refractivity contribution >= 4 is 11.5 Å². The number of nitrogens with zero attached hydrogens (tertiary/aromatic N) is 5. The minimum Gasteiger partial charge on any atom is -0.350 e. The third kappa shape index (κ3) is 3.43. The summed E-state index contributed by atoms with van der Waals surface area (Å²) in [4.78, 5) is 23.4. The van der Waals surface area contributed by atoms with Gasteiger partial charge in [-0.1, -0.05) is 0 Å². The van der Waals surface area contributed by atoms with Gasteiger partial charge in [-0.05, 0) is 49.2 Å². The predicted molar refractivity (Wildman–Crippen MR) is 113 cm³/mol. The van der Waals surface area contributed by atoms with E-state index in [1.54, 1.807) is 13.1 Å². The average molecular weight is 419 g/mol. The van der Waals surface area contributed by atoms with Gasteiger partial charge in [-0.2, -0.15) is 4.52 Å². The lowest BCUT2D eigenvalue weighted by atomic mass is 9.99. The van der Waals surface area contributed by atoms with Gasteiger partial charge in [0.2, 0.25) is 0 Å². The van der Waals surface area contributed by atoms with Gasteiger partial charge in [-0.3, -0.25) is 9.78 Å². The van der Waals surface area contributed by atoms with Gasteiger partial charge in [-0.25, -0.2) is 13.8 Å². The van der Waals surface area contributed by atoms with E-state index in [-0.39, 0.29) is 5.56 Å². The van der Waals surface area contributed by atoms with E-state index < -0.39 is 11.6 Å². The zero-order valence-corrected chi connectivity index (χ0v) is 17.1. The molecule has 1 aliphatic rings. The van der Waals surface area contributed by atoms with Crippen molar-refractivity contribution in [3.05, 3.63) is 87.1 Å². The van der Waals surface area contributed by atoms with Crippen LogP contribution in [0.1, 0.15) is 22.5 Å². The summed E-state index contributed by atoms with van der Waals surface area (Å²) in [6.07, 6.45) is 2.32. The highest BCUT2D eigenvalue weighted by Crippen LogP contribution is 2.29. The molecule has 1 aromatic carbocycles. The lowest BCUT2D eigenvalue weighted by Gasteiger charge is -2.30. The highest BCUT2D eigenvalue weighted by Gasteiger charge is 2.22. The quantitative estimate of drug-likeness (QED) is 0.497. The van der Waals surface area contributed by atoms with Crippen LogP contribution in [0.5, 0.6) is 0 Å². The first-order valence-corrected chi connectivity index (χ1v) is 9.95. The first kappa shape index (κ1) is 19.3. The monoisotopic (exact) mass is 419 g/mol. The van der Waals surface area contributed by atoms with Gasteiger partial charge in [0.15, 0.2) is 11.5 Å². The van der Waals surface area contributed by atoms with Crippen LogP contribution in [-0.4, -0.2) is 26.1 Å². The zero-order valence-electron chi connectivity index (χ0n) is 17.1. The van der Waals surface area contributed by atoms with Gasteiger partial charge in [0.25, 0.3) is 5.56 Å². The Morgan fingerprint density at radius 2 is 1.90 bits per heavy atom. The van der Waals surface area contributed by atoms with Crippen molar-refractivity contribution in [1.29, 1.82) is 0 Å². The van der Waals surface area contributed by atoms with Crippen LogP contribution in [0, 0.1) is 25.5 Å². The Balaban J connectivity index is 1.53. The van der Waals surface area contributed by atoms with Crippen molar-refractivity contribution in [3.8, 4) is 11.1 Å². The van der Waals surface area contributed by atoms with Gasteiger partial charge in [0.1, 0.15) is 11.6 Å². The van der Waals surface area contributed by atoms with Gasteiger partial charge in [-0.15, -0.1) is 5.10 Å². The molecule has 0 aliphatic carbocycles. The Morgan fingerprint density at radius 3 is 2.71 bits per heavy atom. The molecule has 0 amide bonds. The standard InChI is InChI=1S/C23H19F2N5O/c1-13-7-21-27-14(2)8-22(31)30(21)28-23(13)29-6-5-20-16(12-29)9-15(11-26-20)18-4-3-17(24)10-19(18)25/h3-4,7-11H,5-6,12H2,1-2H3. The van der Waals surface area contributed by atoms with E-state index in [1.165, 1.54) is 22.7 Å². The van der Waals surface area contributed by atoms with Crippen molar-refractivity contribution in [3.63, 3.8) is 0 Å². The number of halogens is 2. The molecular formula is C23H19F2N5O. The van der Waals surface area contributed by atoms with E-state index in [2.05, 4.69) is 20.0 Å². The molecule has 3 aromatic heterocycles. The molecule has 0 fully saturated rings. The summed E-state index contributed by atoms with van der Waals surface area (Å²) >= 11 is 0. The average Bonchev–Trinajstić information content (AvgIpc) is 2.72. The van der Waals surface area contributed by atoms with Crippen LogP contribution in [-0.2, 0) is 13.0 Å². The van der Waals surface area contributed by atoms with E-state index in [0.717, 1.165) is 22.9 Å². The molecule has 4 aromatic rings. The minimum atomic E-state index is -0.622. The van der Waals surface area contributed by atoms with Gasteiger partial charge in [0, 0.05) is 60.4 Å². The van der Waals surface area contributed by atoms with E-state index >= 15 is 0 Å². The summed E-state index contributed by atoms with van der Waals surface area (Å²) < 4.78 is 28.8. The maximum absolute atomic E-state index is 14.3. The summed E-state index contributed by atoms with van der Waals surface area (Å²) in [7, 11) is 0. The molecule has 5 rings (SSSR count). The smallest absolute Gasteiger partial charge is 0.274 e. The summed E-state index contributed by atoms with van der Waals surface area (Å²) in [5.74, 6) is -0.538. The first-order valence-electron chi connectivity index (χ1n) is 9.95. The summed E-state index contributed by atoms with van der Waals surface area (Å²) in [5.41, 5.74) is 4.64. The second-order valence-electron chi connectivity index (χ2n) is 7.78. The first-order chi connectivity index (χ1) is 14.9. The van der Waals surface area contributed by atoms with Crippen molar-refractivity contribution in [2.24, 2.45) is 0 Å². The molecule has 0 bridgehead atoms. The molecule has 0 saturated carbocycles. The number of anilines is 1. The molecule has 0 N–H and O–H groups in total. The molecule has 0 atom stereocenters. The summed E-state index contributed by atoms with van der Waals surface area (Å²) in [6, 6.07) is 8.73. The number of fused-ring (bicyclic) bond motifs is 2. The molecule has 156 valence electrons. The highest BCUT2D eigenvalue weighted by atomic mass is 19.1. The predicted octanol–water partition coefficient (Wildman–Crippen LogP) is 3.61. The Morgan fingerprint density at radius 1 is 1.06 bits per heavy atom. The number of benzene rings is 1. The summed E-state index contributed by atoms with van der Waals surface area (Å²) in [6.45, 7) is 4.93. The van der Waals surface area contributed by atoms with Gasteiger partial charge >= 0.3 is 0 Å². The Bertz CT molecular complexity index is 1400. The minimum absolute atomic E-state index is 0.225. The highest BCUT2D eigenvalue weighted by molar-refractivity contribution is 5.65. The number of pyridine rings is 1. The van der Waals surface area contributed by atoms with Crippen LogP contribution in [0.25, 0.3) is 16.8 Å². The van der Waals surface area contributed by atoms with E-state index in [0.29, 0.717) is 47.8 Å². The third-order valence-electron chi connectivity index (χ3n) is 5.52. The number of rotatable bonds is 2. The topological polar surface area (TPSA) is 63.4 Å². The van der Waals surface area contributed by atoms with Crippen LogP contribution in [0.15, 0.2) is 47.4 Å². The largest absolute Gasteiger partial charge is 0.350 e. The molecule has 6 nitrogen and oxygen atoms in total. The van der Waals surface area contributed by atoms with Crippen LogP contribution in [0.3, 0.4) is 0 Å². The maximum atomic E-state index is 14.3. The van der Waals surface area contributed by atoms with Crippen molar-refractivity contribution in [1.82, 2.24) is 19.6 Å². The second-order valence-corrected chi connectivity index (χ2v) is 7.78. The fraction of sp³-hybridized carbons (Fsp3) is 0.217. The number of aryl methyl sites for hydroxylation is 2. The maximum Gasteiger partial charge on any atom is 0.274 e. The second kappa shape index (κ2) is 7.23. The normalized spacial score (nSPS) is 13.5. The van der Waals surface area contributed by atoms with Crippen LogP contribution in [0.4, 0.5) is 14.6 Å². The van der Waals surface area contributed by atoms with E-state index in [9.17, 15) is 13.6 Å². The Labute approximate surface area is 176 Å². The molecule has 8 heteroatoms. The fourth-order valence-electron chi connectivity index (χ4n) is 4.03. The molecule has 0 saturated heterocycles. The summed E-state index contributed by atoms with van der Waals surface area (Å²) in [5, 5.41) is 4.56. The van der Waals surface area contributed by atoms with Gasteiger partial charge < -0.3 is 4.90 Å². The van der Waals surface area contributed by atoms with E-state index in [4.69, 9.17) is 0 Å². The van der Waals surface area contributed by atoms with Gasteiger partial charge in [0.05, 0.1) is 0 Å². The fourth-order valence-corrected chi connectivity index (χ4v) is 4.03. The van der Waals surface area contributed by atoms with E-state index in [1.807, 2.05) is 19.1 Å².